The Morgan fingerprint density at radius 2 is 1.85 bits per heavy atom. The zero-order valence-electron chi connectivity index (χ0n) is 33.6. The summed E-state index contributed by atoms with van der Waals surface area (Å²) in [6.45, 7) is 11.1. The van der Waals surface area contributed by atoms with Gasteiger partial charge in [-0.2, -0.15) is 0 Å². The Balaban J connectivity index is 0.836. The zero-order valence-corrected chi connectivity index (χ0v) is 37.4. The number of fused-ring (bicyclic) bond motifs is 1. The van der Waals surface area contributed by atoms with Crippen LogP contribution in [0.5, 0.6) is 11.6 Å². The molecule has 16 heteroatoms. The summed E-state index contributed by atoms with van der Waals surface area (Å²) in [6, 6.07) is 18.4. The first kappa shape index (κ1) is 41.3. The molecule has 0 saturated carbocycles. The number of aliphatic hydroxyl groups excluding tert-OH is 1. The summed E-state index contributed by atoms with van der Waals surface area (Å²) >= 11 is 1.14. The first-order chi connectivity index (χ1) is 28.4. The summed E-state index contributed by atoms with van der Waals surface area (Å²) in [7, 11) is 0. The van der Waals surface area contributed by atoms with Crippen molar-refractivity contribution in [2.24, 2.45) is 11.8 Å². The van der Waals surface area contributed by atoms with Gasteiger partial charge in [0.2, 0.25) is 0 Å². The molecule has 1 unspecified atom stereocenters. The first-order valence-electron chi connectivity index (χ1n) is 19.7. The van der Waals surface area contributed by atoms with Crippen LogP contribution >= 0.6 is 42.8 Å². The van der Waals surface area contributed by atoms with Gasteiger partial charge in [0.15, 0.2) is 0 Å². The number of rotatable bonds is 14. The van der Waals surface area contributed by atoms with E-state index in [-0.39, 0.29) is 36.4 Å². The molecule has 4 aromatic heterocycles. The molecule has 0 aliphatic carbocycles. The summed E-state index contributed by atoms with van der Waals surface area (Å²) in [5, 5.41) is 35.2. The van der Waals surface area contributed by atoms with Crippen molar-refractivity contribution in [1.82, 2.24) is 33.7 Å². The second-order valence-electron chi connectivity index (χ2n) is 15.7. The SMILES string of the molecule is Cc1ncsc1-c1ccc(I(C)NC(=O)C2C[C@@H](O)CN2C(=O)[C@@H](c2cc(OCCN3CC(Cc4c(C)sc5nnc(-c6ccccc6O)cc45)C3)no2)C(C)C)cc1. The Labute approximate surface area is 358 Å². The van der Waals surface area contributed by atoms with Gasteiger partial charge in [-0.1, -0.05) is 12.1 Å². The fourth-order valence-electron chi connectivity index (χ4n) is 8.03. The Morgan fingerprint density at radius 1 is 1.07 bits per heavy atom. The molecule has 13 nitrogen and oxygen atoms in total. The van der Waals surface area contributed by atoms with E-state index in [9.17, 15) is 19.8 Å². The number of benzene rings is 2. The van der Waals surface area contributed by atoms with E-state index in [0.29, 0.717) is 35.4 Å². The molecule has 2 saturated heterocycles. The average Bonchev–Trinajstić information content (AvgIpc) is 4.00. The second kappa shape index (κ2) is 17.6. The minimum absolute atomic E-state index is 0.0743. The van der Waals surface area contributed by atoms with Gasteiger partial charge < -0.3 is 5.11 Å². The number of phenolic OH excluding ortho intramolecular Hbond substituents is 1. The van der Waals surface area contributed by atoms with Gasteiger partial charge in [0.05, 0.1) is 5.69 Å². The van der Waals surface area contributed by atoms with Crippen molar-refractivity contribution in [2.75, 3.05) is 37.7 Å². The molecule has 6 aromatic rings. The molecule has 59 heavy (non-hydrogen) atoms. The zero-order chi connectivity index (χ0) is 41.4. The van der Waals surface area contributed by atoms with Crippen LogP contribution < -0.4 is 8.27 Å². The van der Waals surface area contributed by atoms with Crippen molar-refractivity contribution in [2.45, 2.75) is 58.6 Å². The number of nitrogens with one attached hydrogen (secondary N) is 1. The van der Waals surface area contributed by atoms with Gasteiger partial charge in [0.25, 0.3) is 0 Å². The number of hydrogen-bond acceptors (Lipinski definition) is 13. The van der Waals surface area contributed by atoms with Crippen LogP contribution in [0, 0.1) is 29.3 Å². The van der Waals surface area contributed by atoms with Gasteiger partial charge in [-0.15, -0.1) is 21.5 Å². The molecule has 2 fully saturated rings. The first-order valence-corrected chi connectivity index (χ1v) is 25.7. The molecule has 2 amide bonds. The van der Waals surface area contributed by atoms with Crippen molar-refractivity contribution >= 4 is 64.8 Å². The van der Waals surface area contributed by atoms with Crippen molar-refractivity contribution < 1.29 is 29.1 Å². The predicted octanol–water partition coefficient (Wildman–Crippen LogP) is 7.08. The third-order valence-electron chi connectivity index (χ3n) is 11.1. The van der Waals surface area contributed by atoms with Crippen molar-refractivity contribution in [3.05, 3.63) is 91.6 Å². The van der Waals surface area contributed by atoms with Crippen LogP contribution in [0.3, 0.4) is 0 Å². The van der Waals surface area contributed by atoms with Gasteiger partial charge >= 0.3 is 229 Å². The number of carbonyl (C=O) groups is 2. The van der Waals surface area contributed by atoms with Crippen LogP contribution in [0.1, 0.15) is 48.1 Å². The fraction of sp³-hybridized carbons (Fsp3) is 0.395. The standard InChI is InChI=1S/C43H48IN7O6S2/c1-24(2)39(43(55)51-22-30(52)17-35(51)41(54)46-44(5)29-12-10-28(11-13-29)40-25(3)45-23-58-40)37-19-38(49-57-37)56-15-14-50-20-27(21-50)16-32-26(4)59-42-33(32)18-34(47-48-42)31-8-6-7-9-36(31)53/h6-13,18-19,23-24,27,30,35,39,52-53H,14-17,20-22H2,1-5H3,(H,46,54)/t30-,35?,39-/m1/s1. The Hall–Kier alpha value is -4.49. The summed E-state index contributed by atoms with van der Waals surface area (Å²) in [4.78, 5) is 41.4. The molecule has 0 radical (unpaired) electrons. The number of aliphatic hydroxyl groups is 1. The van der Waals surface area contributed by atoms with Crippen LogP contribution in [0.15, 0.2) is 70.7 Å². The molecule has 8 rings (SSSR count). The van der Waals surface area contributed by atoms with Gasteiger partial charge in [-0.05, 0) is 43.0 Å². The Morgan fingerprint density at radius 3 is 2.58 bits per heavy atom. The van der Waals surface area contributed by atoms with Crippen LogP contribution in [-0.2, 0) is 16.0 Å². The molecule has 0 bridgehead atoms. The number of ether oxygens (including phenoxy) is 1. The number of likely N-dealkylation sites (tertiary alicyclic amines) is 2. The number of phenols is 1. The number of thiazole rings is 1. The van der Waals surface area contributed by atoms with E-state index in [0.717, 1.165) is 56.0 Å². The normalized spacial score (nSPS) is 18.0. The Bertz CT molecular complexity index is 2450. The number of hydrogen-bond donors (Lipinski definition) is 3. The molecule has 310 valence electrons. The van der Waals surface area contributed by atoms with Crippen LogP contribution in [-0.4, -0.2) is 102 Å². The van der Waals surface area contributed by atoms with Crippen LogP contribution in [0.25, 0.3) is 31.9 Å². The molecule has 6 heterocycles. The number of carbonyl (C=O) groups excluding carboxylic acids is 2. The number of aromatic nitrogens is 4. The molecule has 3 N–H and O–H groups in total. The van der Waals surface area contributed by atoms with Gasteiger partial charge in [0.1, 0.15) is 10.6 Å². The van der Waals surface area contributed by atoms with Crippen LogP contribution in [0.2, 0.25) is 0 Å². The third kappa shape index (κ3) is 8.87. The number of para-hydroxylation sites is 1. The molecular weight excluding hydrogens is 902 g/mol. The quantitative estimate of drug-likeness (QED) is 0.0580. The number of nitrogens with zero attached hydrogens (tertiary/aromatic N) is 6. The number of alkyl halides is 1. The predicted molar refractivity (Wildman–Crippen MR) is 238 cm³/mol. The molecule has 3 atom stereocenters. The van der Waals surface area contributed by atoms with E-state index in [2.05, 4.69) is 64.9 Å². The number of β-amino-alcohol motifs (C(OH)–C–C–N with tert-alkyl or cyclic N) is 1. The summed E-state index contributed by atoms with van der Waals surface area (Å²) in [6.07, 6.45) is 0.312. The van der Waals surface area contributed by atoms with Crippen molar-refractivity contribution in [3.8, 4) is 33.3 Å². The van der Waals surface area contributed by atoms with E-state index >= 15 is 0 Å². The second-order valence-corrected chi connectivity index (χ2v) is 22.2. The molecule has 2 aliphatic heterocycles. The molecule has 2 aliphatic rings. The van der Waals surface area contributed by atoms with E-state index in [1.165, 1.54) is 15.3 Å². The van der Waals surface area contributed by atoms with Gasteiger partial charge in [-0.25, -0.2) is 0 Å². The average molecular weight is 950 g/mol. The maximum absolute atomic E-state index is 14.2. The van der Waals surface area contributed by atoms with E-state index in [1.807, 2.05) is 44.5 Å². The maximum atomic E-state index is 14.2. The minimum atomic E-state index is -2.12. The molecular formula is C43H48IN7O6S2. The van der Waals surface area contributed by atoms with E-state index < -0.39 is 38.2 Å². The summed E-state index contributed by atoms with van der Waals surface area (Å²) < 4.78 is 16.0. The summed E-state index contributed by atoms with van der Waals surface area (Å²) in [5.74, 6) is -0.0125. The topological polar surface area (TPSA) is 167 Å². The van der Waals surface area contributed by atoms with E-state index in [4.69, 9.17) is 9.26 Å². The van der Waals surface area contributed by atoms with Gasteiger partial charge in [-0.3, -0.25) is 4.90 Å². The number of aryl methyl sites for hydroxylation is 2. The van der Waals surface area contributed by atoms with Crippen molar-refractivity contribution in [1.29, 1.82) is 0 Å². The fourth-order valence-corrected chi connectivity index (χ4v) is 12.7. The Kier molecular flexibility index (Phi) is 12.3. The molecule has 0 spiro atoms. The summed E-state index contributed by atoms with van der Waals surface area (Å²) in [5.41, 5.74) is 6.55. The number of thiophene rings is 1. The number of amides is 2. The number of aromatic hydroxyl groups is 1. The third-order valence-corrected chi connectivity index (χ3v) is 17.1. The van der Waals surface area contributed by atoms with Crippen molar-refractivity contribution in [3.63, 3.8) is 0 Å². The molecule has 2 aromatic carbocycles. The van der Waals surface area contributed by atoms with Crippen LogP contribution in [0.4, 0.5) is 0 Å². The van der Waals surface area contributed by atoms with E-state index in [1.54, 1.807) is 40.9 Å². The monoisotopic (exact) mass is 949 g/mol. The van der Waals surface area contributed by atoms with Gasteiger partial charge in [0, 0.05) is 28.9 Å². The number of halogens is 1.